The predicted molar refractivity (Wildman–Crippen MR) is 96.9 cm³/mol. The number of likely N-dealkylation sites (N-methyl/N-ethyl adjacent to an activating group) is 1. The summed E-state index contributed by atoms with van der Waals surface area (Å²) >= 11 is 0. The van der Waals surface area contributed by atoms with Gasteiger partial charge in [0.05, 0.1) is 0 Å². The molecule has 1 aliphatic rings. The van der Waals surface area contributed by atoms with Crippen molar-refractivity contribution in [2.75, 3.05) is 33.9 Å². The van der Waals surface area contributed by atoms with E-state index >= 15 is 0 Å². The fourth-order valence-electron chi connectivity index (χ4n) is 3.07. The Morgan fingerprint density at radius 2 is 1.92 bits per heavy atom. The number of carbonyl (C=O) groups is 1. The van der Waals surface area contributed by atoms with Crippen LogP contribution in [0.2, 0.25) is 0 Å². The van der Waals surface area contributed by atoms with Gasteiger partial charge in [0.1, 0.15) is 5.54 Å². The molecule has 0 radical (unpaired) electrons. The van der Waals surface area contributed by atoms with Gasteiger partial charge in [-0.15, -0.1) is 0 Å². The van der Waals surface area contributed by atoms with Gasteiger partial charge in [0.15, 0.2) is 5.82 Å². The second-order valence-electron chi connectivity index (χ2n) is 7.05. The average molecular weight is 358 g/mol. The summed E-state index contributed by atoms with van der Waals surface area (Å²) in [5.74, 6) is 0.876. The molecule has 0 unspecified atom stereocenters. The summed E-state index contributed by atoms with van der Waals surface area (Å²) in [4.78, 5) is 19.3. The van der Waals surface area contributed by atoms with Gasteiger partial charge in [-0.2, -0.15) is 4.98 Å². The van der Waals surface area contributed by atoms with E-state index in [1.807, 2.05) is 38.4 Å². The fourth-order valence-corrected chi connectivity index (χ4v) is 3.07. The Bertz CT molecular complexity index is 733. The summed E-state index contributed by atoms with van der Waals surface area (Å²) in [5.41, 5.74) is 1.17. The number of ether oxygens (including phenoxy) is 1. The number of rotatable bonds is 6. The van der Waals surface area contributed by atoms with Crippen LogP contribution in [0.25, 0.3) is 0 Å². The molecule has 1 aromatic heterocycles. The normalized spacial score (nSPS) is 16.6. The van der Waals surface area contributed by atoms with E-state index in [0.717, 1.165) is 13.0 Å². The number of benzene rings is 1. The minimum atomic E-state index is -0.666. The quantitative estimate of drug-likeness (QED) is 0.850. The van der Waals surface area contributed by atoms with E-state index in [2.05, 4.69) is 20.4 Å². The highest BCUT2D eigenvalue weighted by molar-refractivity contribution is 5.94. The first-order valence-corrected chi connectivity index (χ1v) is 8.93. The molecule has 7 nitrogen and oxygen atoms in total. The Morgan fingerprint density at radius 3 is 2.50 bits per heavy atom. The predicted octanol–water partition coefficient (Wildman–Crippen LogP) is 1.92. The van der Waals surface area contributed by atoms with Crippen molar-refractivity contribution in [2.45, 2.75) is 31.7 Å². The zero-order valence-electron chi connectivity index (χ0n) is 15.6. The van der Waals surface area contributed by atoms with E-state index < -0.39 is 5.54 Å². The van der Waals surface area contributed by atoms with Crippen LogP contribution in [0.3, 0.4) is 0 Å². The lowest BCUT2D eigenvalue weighted by Gasteiger charge is -2.34. The minimum Gasteiger partial charge on any atom is -0.381 e. The number of nitrogens with zero attached hydrogens (tertiary/aromatic N) is 3. The Balaban J connectivity index is 1.73. The van der Waals surface area contributed by atoms with Gasteiger partial charge in [0.2, 0.25) is 0 Å². The molecule has 2 aromatic rings. The van der Waals surface area contributed by atoms with Crippen LogP contribution in [0.15, 0.2) is 28.8 Å². The van der Waals surface area contributed by atoms with Crippen molar-refractivity contribution in [3.8, 4) is 0 Å². The lowest BCUT2D eigenvalue weighted by Crippen LogP contribution is -2.49. The van der Waals surface area contributed by atoms with Gasteiger partial charge in [-0.3, -0.25) is 4.79 Å². The van der Waals surface area contributed by atoms with Gasteiger partial charge in [-0.25, -0.2) is 0 Å². The third-order valence-corrected chi connectivity index (χ3v) is 4.70. The summed E-state index contributed by atoms with van der Waals surface area (Å²) < 4.78 is 10.8. The van der Waals surface area contributed by atoms with Gasteiger partial charge in [0, 0.05) is 38.2 Å². The number of aryl methyl sites for hydroxylation is 1. The average Bonchev–Trinajstić information content (AvgIpc) is 3.08. The summed E-state index contributed by atoms with van der Waals surface area (Å²) in [6, 6.07) is 7.75. The monoisotopic (exact) mass is 358 g/mol. The zero-order chi connectivity index (χ0) is 18.6. The first kappa shape index (κ1) is 18.5. The van der Waals surface area contributed by atoms with Crippen LogP contribution < -0.4 is 5.32 Å². The summed E-state index contributed by atoms with van der Waals surface area (Å²) in [6.45, 7) is 3.84. The van der Waals surface area contributed by atoms with Crippen LogP contribution in [0.5, 0.6) is 0 Å². The maximum absolute atomic E-state index is 12.8. The number of carbonyl (C=O) groups excluding carboxylic acids is 1. The zero-order valence-corrected chi connectivity index (χ0v) is 15.6. The van der Waals surface area contributed by atoms with Gasteiger partial charge >= 0.3 is 0 Å². The van der Waals surface area contributed by atoms with Crippen LogP contribution >= 0.6 is 0 Å². The first-order valence-electron chi connectivity index (χ1n) is 8.93. The largest absolute Gasteiger partial charge is 0.381 e. The molecule has 1 aliphatic heterocycles. The lowest BCUT2D eigenvalue weighted by atomic mass is 9.89. The number of nitrogens with one attached hydrogen (secondary N) is 1. The SMILES string of the molecule is Cc1noc(C2(NC(=O)c3ccc(CCN(C)C)cc3)CCOCC2)n1. The van der Waals surface area contributed by atoms with Gasteiger partial charge in [-0.1, -0.05) is 17.3 Å². The van der Waals surface area contributed by atoms with Crippen molar-refractivity contribution in [1.29, 1.82) is 0 Å². The highest BCUT2D eigenvalue weighted by Crippen LogP contribution is 2.31. The van der Waals surface area contributed by atoms with Crippen molar-refractivity contribution < 1.29 is 14.1 Å². The highest BCUT2D eigenvalue weighted by Gasteiger charge is 2.41. The molecule has 0 bridgehead atoms. The van der Waals surface area contributed by atoms with Crippen LogP contribution in [-0.4, -0.2) is 54.8 Å². The molecule has 140 valence electrons. The molecule has 3 rings (SSSR count). The van der Waals surface area contributed by atoms with Gasteiger partial charge in [-0.05, 0) is 45.1 Å². The molecule has 1 aromatic carbocycles. The first-order chi connectivity index (χ1) is 12.5. The lowest BCUT2D eigenvalue weighted by molar-refractivity contribution is 0.0222. The fraction of sp³-hybridized carbons (Fsp3) is 0.526. The molecule has 1 N–H and O–H groups in total. The van der Waals surface area contributed by atoms with Crippen molar-refractivity contribution >= 4 is 5.91 Å². The number of amides is 1. The van der Waals surface area contributed by atoms with E-state index in [1.165, 1.54) is 5.56 Å². The molecule has 0 spiro atoms. The van der Waals surface area contributed by atoms with E-state index in [0.29, 0.717) is 43.3 Å². The van der Waals surface area contributed by atoms with Crippen LogP contribution in [0.4, 0.5) is 0 Å². The molecule has 0 saturated carbocycles. The van der Waals surface area contributed by atoms with Gasteiger partial charge < -0.3 is 19.5 Å². The molecule has 1 fully saturated rings. The maximum Gasteiger partial charge on any atom is 0.252 e. The van der Waals surface area contributed by atoms with Crippen molar-refractivity contribution in [1.82, 2.24) is 20.4 Å². The molecular weight excluding hydrogens is 332 g/mol. The molecule has 0 aliphatic carbocycles. The Kier molecular flexibility index (Phi) is 5.68. The summed E-state index contributed by atoms with van der Waals surface area (Å²) in [7, 11) is 4.10. The van der Waals surface area contributed by atoms with Crippen molar-refractivity contribution in [3.63, 3.8) is 0 Å². The third kappa shape index (κ3) is 4.28. The third-order valence-electron chi connectivity index (χ3n) is 4.70. The number of hydrogen-bond acceptors (Lipinski definition) is 6. The molecule has 26 heavy (non-hydrogen) atoms. The summed E-state index contributed by atoms with van der Waals surface area (Å²) in [6.07, 6.45) is 2.18. The standard InChI is InChI=1S/C19H26N4O3/c1-14-20-18(26-22-14)19(9-12-25-13-10-19)21-17(24)16-6-4-15(5-7-16)8-11-23(2)3/h4-7H,8-13H2,1-3H3,(H,21,24). The second kappa shape index (κ2) is 7.97. The molecule has 2 heterocycles. The van der Waals surface area contributed by atoms with Crippen LogP contribution in [-0.2, 0) is 16.7 Å². The molecule has 1 amide bonds. The molecular formula is C19H26N4O3. The Morgan fingerprint density at radius 1 is 1.23 bits per heavy atom. The second-order valence-corrected chi connectivity index (χ2v) is 7.05. The van der Waals surface area contributed by atoms with E-state index in [1.54, 1.807) is 6.92 Å². The van der Waals surface area contributed by atoms with E-state index in [-0.39, 0.29) is 5.91 Å². The smallest absolute Gasteiger partial charge is 0.252 e. The van der Waals surface area contributed by atoms with Gasteiger partial charge in [0.25, 0.3) is 11.8 Å². The molecule has 1 saturated heterocycles. The number of hydrogen-bond donors (Lipinski definition) is 1. The van der Waals surface area contributed by atoms with Crippen molar-refractivity contribution in [2.24, 2.45) is 0 Å². The van der Waals surface area contributed by atoms with E-state index in [4.69, 9.17) is 9.26 Å². The topological polar surface area (TPSA) is 80.5 Å². The van der Waals surface area contributed by atoms with E-state index in [9.17, 15) is 4.79 Å². The number of aromatic nitrogens is 2. The van der Waals surface area contributed by atoms with Crippen LogP contribution in [0, 0.1) is 6.92 Å². The van der Waals surface area contributed by atoms with Crippen LogP contribution in [0.1, 0.15) is 40.5 Å². The summed E-state index contributed by atoms with van der Waals surface area (Å²) in [5, 5.41) is 7.01. The molecule has 0 atom stereocenters. The maximum atomic E-state index is 12.8. The highest BCUT2D eigenvalue weighted by atomic mass is 16.5. The van der Waals surface area contributed by atoms with Crippen molar-refractivity contribution in [3.05, 3.63) is 47.1 Å². The Labute approximate surface area is 153 Å². The molecule has 7 heteroatoms. The minimum absolute atomic E-state index is 0.137. The Hall–Kier alpha value is -2.25.